The molecule has 8 nitrogen and oxygen atoms in total. The number of nitro groups is 1. The first-order valence-electron chi connectivity index (χ1n) is 7.69. The third-order valence-electron chi connectivity index (χ3n) is 3.41. The molecule has 0 amide bonds. The number of nitro benzene ring substituents is 1. The van der Waals surface area contributed by atoms with Gasteiger partial charge in [-0.05, 0) is 35.9 Å². The maximum Gasteiger partial charge on any atom is 0.331 e. The minimum Gasteiger partial charge on any atom is -0.452 e. The van der Waals surface area contributed by atoms with Crippen LogP contribution in [0.2, 0.25) is 0 Å². The van der Waals surface area contributed by atoms with Crippen LogP contribution in [-0.2, 0) is 16.1 Å². The van der Waals surface area contributed by atoms with Crippen LogP contribution in [-0.4, -0.2) is 21.1 Å². The molecule has 2 aromatic carbocycles. The number of carbonyl (C=O) groups excluding carboxylic acids is 1. The van der Waals surface area contributed by atoms with Gasteiger partial charge in [-0.1, -0.05) is 12.1 Å². The van der Waals surface area contributed by atoms with E-state index in [1.807, 2.05) is 0 Å². The Morgan fingerprint density at radius 2 is 1.85 bits per heavy atom. The molecule has 1 heterocycles. The van der Waals surface area contributed by atoms with E-state index in [0.29, 0.717) is 11.1 Å². The zero-order valence-corrected chi connectivity index (χ0v) is 13.7. The van der Waals surface area contributed by atoms with Crippen molar-refractivity contribution in [2.75, 3.05) is 0 Å². The third kappa shape index (κ3) is 4.82. The van der Waals surface area contributed by atoms with Crippen LogP contribution in [0.4, 0.5) is 10.1 Å². The summed E-state index contributed by atoms with van der Waals surface area (Å²) in [5, 5.41) is 18.2. The van der Waals surface area contributed by atoms with Crippen molar-refractivity contribution in [3.05, 3.63) is 82.0 Å². The summed E-state index contributed by atoms with van der Waals surface area (Å²) >= 11 is 0. The van der Waals surface area contributed by atoms with Crippen LogP contribution < -0.4 is 0 Å². The van der Waals surface area contributed by atoms with Gasteiger partial charge in [-0.3, -0.25) is 10.1 Å². The maximum absolute atomic E-state index is 12.8. The van der Waals surface area contributed by atoms with Crippen molar-refractivity contribution >= 4 is 17.7 Å². The van der Waals surface area contributed by atoms with Gasteiger partial charge in [0, 0.05) is 23.8 Å². The Balaban J connectivity index is 1.56. The molecule has 3 rings (SSSR count). The number of ether oxygens (including phenoxy) is 1. The molecule has 0 saturated carbocycles. The first-order valence-corrected chi connectivity index (χ1v) is 7.69. The van der Waals surface area contributed by atoms with Gasteiger partial charge in [0.15, 0.2) is 6.61 Å². The van der Waals surface area contributed by atoms with Gasteiger partial charge in [-0.25, -0.2) is 9.18 Å². The van der Waals surface area contributed by atoms with E-state index in [0.717, 1.165) is 0 Å². The predicted octanol–water partition coefficient (Wildman–Crippen LogP) is 3.54. The molecule has 0 aliphatic carbocycles. The Bertz CT molecular complexity index is 981. The maximum atomic E-state index is 12.8. The first kappa shape index (κ1) is 17.9. The Kier molecular flexibility index (Phi) is 5.31. The topological polar surface area (TPSA) is 108 Å². The van der Waals surface area contributed by atoms with Gasteiger partial charge in [0.25, 0.3) is 11.6 Å². The molecule has 0 fully saturated rings. The van der Waals surface area contributed by atoms with Crippen molar-refractivity contribution in [2.24, 2.45) is 0 Å². The van der Waals surface area contributed by atoms with Crippen molar-refractivity contribution in [2.45, 2.75) is 6.61 Å². The highest BCUT2D eigenvalue weighted by molar-refractivity contribution is 5.86. The quantitative estimate of drug-likeness (QED) is 0.283. The van der Waals surface area contributed by atoms with E-state index in [1.54, 1.807) is 0 Å². The summed E-state index contributed by atoms with van der Waals surface area (Å²) in [6.07, 6.45) is 2.68. The summed E-state index contributed by atoms with van der Waals surface area (Å²) in [7, 11) is 0. The highest BCUT2D eigenvalue weighted by Crippen LogP contribution is 2.21. The lowest BCUT2D eigenvalue weighted by atomic mass is 10.2. The number of benzene rings is 2. The lowest BCUT2D eigenvalue weighted by Crippen LogP contribution is -2.00. The number of rotatable bonds is 6. The molecule has 0 saturated heterocycles. The largest absolute Gasteiger partial charge is 0.452 e. The van der Waals surface area contributed by atoms with E-state index < -0.39 is 10.9 Å². The second-order valence-electron chi connectivity index (χ2n) is 5.30. The average Bonchev–Trinajstić information content (AvgIpc) is 3.15. The van der Waals surface area contributed by atoms with Gasteiger partial charge >= 0.3 is 5.97 Å². The molecule has 0 aliphatic rings. The molecule has 0 radical (unpaired) electrons. The number of esters is 1. The van der Waals surface area contributed by atoms with Gasteiger partial charge in [0.1, 0.15) is 5.82 Å². The number of nitrogens with zero attached hydrogens (tertiary/aromatic N) is 3. The van der Waals surface area contributed by atoms with Crippen LogP contribution in [0.25, 0.3) is 17.5 Å². The SMILES string of the molecule is O=C(/C=C/c1ccc(F)cc1)OCc1nnc(-c2ccc([N+](=O)[O-])cc2)o1. The zero-order valence-electron chi connectivity index (χ0n) is 13.7. The number of non-ortho nitro benzene ring substituents is 1. The van der Waals surface area contributed by atoms with E-state index in [9.17, 15) is 19.3 Å². The fourth-order valence-electron chi connectivity index (χ4n) is 2.07. The van der Waals surface area contributed by atoms with E-state index >= 15 is 0 Å². The molecular formula is C18H12FN3O5. The molecule has 0 bridgehead atoms. The third-order valence-corrected chi connectivity index (χ3v) is 3.41. The average molecular weight is 369 g/mol. The molecule has 3 aromatic rings. The normalized spacial score (nSPS) is 10.9. The summed E-state index contributed by atoms with van der Waals surface area (Å²) in [5.74, 6) is -0.769. The summed E-state index contributed by atoms with van der Waals surface area (Å²) in [4.78, 5) is 21.8. The number of aromatic nitrogens is 2. The fraction of sp³-hybridized carbons (Fsp3) is 0.0556. The van der Waals surface area contributed by atoms with E-state index in [2.05, 4.69) is 10.2 Å². The first-order chi connectivity index (χ1) is 13.0. The number of hydrogen-bond donors (Lipinski definition) is 0. The minimum absolute atomic E-state index is 0.0552. The van der Waals surface area contributed by atoms with Crippen molar-refractivity contribution in [3.63, 3.8) is 0 Å². The Morgan fingerprint density at radius 3 is 2.52 bits per heavy atom. The van der Waals surface area contributed by atoms with Crippen molar-refractivity contribution in [1.29, 1.82) is 0 Å². The highest BCUT2D eigenvalue weighted by atomic mass is 19.1. The van der Waals surface area contributed by atoms with E-state index in [1.165, 1.54) is 60.7 Å². The van der Waals surface area contributed by atoms with Gasteiger partial charge in [-0.2, -0.15) is 0 Å². The number of carbonyl (C=O) groups is 1. The lowest BCUT2D eigenvalue weighted by Gasteiger charge is -1.98. The fourth-order valence-corrected chi connectivity index (χ4v) is 2.07. The van der Waals surface area contributed by atoms with Gasteiger partial charge < -0.3 is 9.15 Å². The molecule has 1 aromatic heterocycles. The summed E-state index contributed by atoms with van der Waals surface area (Å²) in [6, 6.07) is 11.2. The number of halogens is 1. The van der Waals surface area contributed by atoms with Crippen LogP contribution in [0, 0.1) is 15.9 Å². The molecule has 9 heteroatoms. The second-order valence-corrected chi connectivity index (χ2v) is 5.30. The van der Waals surface area contributed by atoms with Crippen LogP contribution in [0.1, 0.15) is 11.5 Å². The Morgan fingerprint density at radius 1 is 1.15 bits per heavy atom. The summed E-state index contributed by atoms with van der Waals surface area (Å²) in [5.41, 5.74) is 1.09. The van der Waals surface area contributed by atoms with Crippen LogP contribution in [0.3, 0.4) is 0 Å². The molecule has 0 N–H and O–H groups in total. The van der Waals surface area contributed by atoms with Crippen molar-refractivity contribution < 1.29 is 23.3 Å². The zero-order chi connectivity index (χ0) is 19.2. The van der Waals surface area contributed by atoms with Crippen molar-refractivity contribution in [3.8, 4) is 11.5 Å². The molecule has 136 valence electrons. The van der Waals surface area contributed by atoms with Crippen molar-refractivity contribution in [1.82, 2.24) is 10.2 Å². The second kappa shape index (κ2) is 8.00. The van der Waals surface area contributed by atoms with E-state index in [-0.39, 0.29) is 29.9 Å². The standard InChI is InChI=1S/C18H12FN3O5/c19-14-6-1-12(2-7-14)3-10-17(23)26-11-16-20-21-18(27-16)13-4-8-15(9-5-13)22(24)25/h1-10H,11H2/b10-3+. The van der Waals surface area contributed by atoms with Crippen LogP contribution in [0.5, 0.6) is 0 Å². The minimum atomic E-state index is -0.630. The van der Waals surface area contributed by atoms with E-state index in [4.69, 9.17) is 9.15 Å². The monoisotopic (exact) mass is 369 g/mol. The highest BCUT2D eigenvalue weighted by Gasteiger charge is 2.12. The van der Waals surface area contributed by atoms with Gasteiger partial charge in [-0.15, -0.1) is 10.2 Å². The molecule has 0 unspecified atom stereocenters. The molecule has 0 aliphatic heterocycles. The predicted molar refractivity (Wildman–Crippen MR) is 91.6 cm³/mol. The molecule has 0 atom stereocenters. The Labute approximate surface area is 152 Å². The molecule has 27 heavy (non-hydrogen) atoms. The lowest BCUT2D eigenvalue weighted by molar-refractivity contribution is -0.384. The van der Waals surface area contributed by atoms with Gasteiger partial charge in [0.2, 0.25) is 5.89 Å². The molecule has 0 spiro atoms. The van der Waals surface area contributed by atoms with Crippen LogP contribution >= 0.6 is 0 Å². The molecular weight excluding hydrogens is 357 g/mol. The Hall–Kier alpha value is -3.88. The van der Waals surface area contributed by atoms with Crippen LogP contribution in [0.15, 0.2) is 59.0 Å². The number of hydrogen-bond acceptors (Lipinski definition) is 7. The summed E-state index contributed by atoms with van der Waals surface area (Å²) < 4.78 is 23.2. The smallest absolute Gasteiger partial charge is 0.331 e. The summed E-state index contributed by atoms with van der Waals surface area (Å²) in [6.45, 7) is -0.230. The van der Waals surface area contributed by atoms with Gasteiger partial charge in [0.05, 0.1) is 4.92 Å².